The maximum absolute atomic E-state index is 12.4. The van der Waals surface area contributed by atoms with Crippen molar-refractivity contribution in [2.24, 2.45) is 0 Å². The van der Waals surface area contributed by atoms with E-state index in [1.54, 1.807) is 19.2 Å². The number of halogens is 3. The van der Waals surface area contributed by atoms with E-state index in [1.165, 1.54) is 6.07 Å². The highest BCUT2D eigenvalue weighted by molar-refractivity contribution is 7.99. The molecule has 2 aromatic rings. The number of hydrogen-bond acceptors (Lipinski definition) is 4. The van der Waals surface area contributed by atoms with Crippen molar-refractivity contribution < 1.29 is 13.2 Å². The van der Waals surface area contributed by atoms with Gasteiger partial charge in [0.2, 0.25) is 0 Å². The van der Waals surface area contributed by atoms with Crippen LogP contribution in [0.2, 0.25) is 0 Å². The summed E-state index contributed by atoms with van der Waals surface area (Å²) in [6.07, 6.45) is -2.09. The predicted molar refractivity (Wildman–Crippen MR) is 67.1 cm³/mol. The summed E-state index contributed by atoms with van der Waals surface area (Å²) in [5, 5.41) is 9.84. The summed E-state index contributed by atoms with van der Waals surface area (Å²) in [6, 6.07) is 5.94. The fourth-order valence-corrected chi connectivity index (χ4v) is 2.32. The first-order valence-corrected chi connectivity index (χ1v) is 6.30. The summed E-state index contributed by atoms with van der Waals surface area (Å²) in [6.45, 7) is 1.77. The van der Waals surface area contributed by atoms with Gasteiger partial charge in [0.15, 0.2) is 0 Å². The van der Waals surface area contributed by atoms with Crippen LogP contribution in [0.1, 0.15) is 16.7 Å². The standard InChI is InChI=1S/C13H8F3N3S/c1-8-4-5-18-12(10(8)6-17)20-11-3-2-9(7-19-11)13(14,15)16/h2-5,7H,1H3. The number of pyridine rings is 2. The first kappa shape index (κ1) is 14.3. The third-order valence-electron chi connectivity index (χ3n) is 2.50. The highest BCUT2D eigenvalue weighted by Crippen LogP contribution is 2.32. The Labute approximate surface area is 117 Å². The first-order chi connectivity index (χ1) is 9.41. The Morgan fingerprint density at radius 1 is 1.20 bits per heavy atom. The van der Waals surface area contributed by atoms with Crippen LogP contribution >= 0.6 is 11.8 Å². The van der Waals surface area contributed by atoms with Crippen molar-refractivity contribution in [2.45, 2.75) is 23.2 Å². The largest absolute Gasteiger partial charge is 0.417 e. The molecule has 0 fully saturated rings. The molecule has 0 N–H and O–H groups in total. The molecule has 0 saturated heterocycles. The van der Waals surface area contributed by atoms with Gasteiger partial charge in [-0.3, -0.25) is 0 Å². The normalized spacial score (nSPS) is 11.2. The van der Waals surface area contributed by atoms with E-state index in [-0.39, 0.29) is 0 Å². The van der Waals surface area contributed by atoms with E-state index in [9.17, 15) is 13.2 Å². The van der Waals surface area contributed by atoms with Gasteiger partial charge in [-0.1, -0.05) is 0 Å². The van der Waals surface area contributed by atoms with Crippen molar-refractivity contribution in [2.75, 3.05) is 0 Å². The zero-order valence-electron chi connectivity index (χ0n) is 10.3. The molecule has 2 rings (SSSR count). The van der Waals surface area contributed by atoms with Gasteiger partial charge in [0.25, 0.3) is 0 Å². The van der Waals surface area contributed by atoms with Crippen LogP contribution < -0.4 is 0 Å². The monoisotopic (exact) mass is 295 g/mol. The van der Waals surface area contributed by atoms with Gasteiger partial charge in [-0.15, -0.1) is 0 Å². The van der Waals surface area contributed by atoms with Crippen molar-refractivity contribution >= 4 is 11.8 Å². The summed E-state index contributed by atoms with van der Waals surface area (Å²) in [7, 11) is 0. The molecule has 102 valence electrons. The molecular weight excluding hydrogens is 287 g/mol. The second-order valence-corrected chi connectivity index (χ2v) is 4.91. The lowest BCUT2D eigenvalue weighted by Gasteiger charge is -2.07. The minimum absolute atomic E-state index is 0.354. The number of aromatic nitrogens is 2. The van der Waals surface area contributed by atoms with Crippen LogP contribution in [0, 0.1) is 18.3 Å². The second-order valence-electron chi connectivity index (χ2n) is 3.90. The van der Waals surface area contributed by atoms with Gasteiger partial charge in [-0.2, -0.15) is 18.4 Å². The van der Waals surface area contributed by atoms with Gasteiger partial charge < -0.3 is 0 Å². The quantitative estimate of drug-likeness (QED) is 0.845. The van der Waals surface area contributed by atoms with Gasteiger partial charge in [-0.05, 0) is 42.4 Å². The van der Waals surface area contributed by atoms with E-state index in [4.69, 9.17) is 5.26 Å². The summed E-state index contributed by atoms with van der Waals surface area (Å²) in [5.74, 6) is 0. The average molecular weight is 295 g/mol. The molecule has 2 aromatic heterocycles. The molecule has 0 amide bonds. The Kier molecular flexibility index (Phi) is 3.95. The minimum atomic E-state index is -4.41. The Hall–Kier alpha value is -2.07. The molecule has 0 aliphatic rings. The molecule has 3 nitrogen and oxygen atoms in total. The number of rotatable bonds is 2. The van der Waals surface area contributed by atoms with Crippen LogP contribution in [0.5, 0.6) is 0 Å². The molecule has 0 radical (unpaired) electrons. The second kappa shape index (κ2) is 5.51. The van der Waals surface area contributed by atoms with Crippen LogP contribution in [-0.4, -0.2) is 9.97 Å². The molecule has 0 aliphatic heterocycles. The lowest BCUT2D eigenvalue weighted by atomic mass is 10.2. The van der Waals surface area contributed by atoms with Gasteiger partial charge in [0.05, 0.1) is 11.1 Å². The van der Waals surface area contributed by atoms with Crippen LogP contribution in [0.25, 0.3) is 0 Å². The highest BCUT2D eigenvalue weighted by atomic mass is 32.2. The molecule has 0 unspecified atom stereocenters. The minimum Gasteiger partial charge on any atom is -0.249 e. The number of alkyl halides is 3. The third-order valence-corrected chi connectivity index (χ3v) is 3.45. The topological polar surface area (TPSA) is 49.6 Å². The number of hydrogen-bond donors (Lipinski definition) is 0. The van der Waals surface area contributed by atoms with Crippen LogP contribution in [-0.2, 0) is 6.18 Å². The highest BCUT2D eigenvalue weighted by Gasteiger charge is 2.30. The molecule has 0 atom stereocenters. The van der Waals surface area contributed by atoms with E-state index in [1.807, 2.05) is 6.07 Å². The van der Waals surface area contributed by atoms with E-state index < -0.39 is 11.7 Å². The van der Waals surface area contributed by atoms with Crippen molar-refractivity contribution in [3.8, 4) is 6.07 Å². The van der Waals surface area contributed by atoms with E-state index >= 15 is 0 Å². The SMILES string of the molecule is Cc1ccnc(Sc2ccc(C(F)(F)F)cn2)c1C#N. The van der Waals surface area contributed by atoms with Gasteiger partial charge in [0.1, 0.15) is 16.1 Å². The van der Waals surface area contributed by atoms with E-state index in [0.29, 0.717) is 15.6 Å². The van der Waals surface area contributed by atoms with Gasteiger partial charge in [-0.25, -0.2) is 9.97 Å². The molecule has 2 heterocycles. The maximum Gasteiger partial charge on any atom is 0.417 e. The van der Waals surface area contributed by atoms with Crippen molar-refractivity contribution in [3.63, 3.8) is 0 Å². The molecule has 0 spiro atoms. The van der Waals surface area contributed by atoms with Crippen molar-refractivity contribution in [1.29, 1.82) is 5.26 Å². The van der Waals surface area contributed by atoms with E-state index in [2.05, 4.69) is 9.97 Å². The zero-order valence-corrected chi connectivity index (χ0v) is 11.1. The fourth-order valence-electron chi connectivity index (χ4n) is 1.45. The Balaban J connectivity index is 2.28. The maximum atomic E-state index is 12.4. The molecule has 0 bridgehead atoms. The Morgan fingerprint density at radius 3 is 2.50 bits per heavy atom. The molecule has 0 saturated carbocycles. The number of aryl methyl sites for hydroxylation is 1. The van der Waals surface area contributed by atoms with Crippen LogP contribution in [0.3, 0.4) is 0 Å². The lowest BCUT2D eigenvalue weighted by Crippen LogP contribution is -2.05. The van der Waals surface area contributed by atoms with Crippen molar-refractivity contribution in [1.82, 2.24) is 9.97 Å². The average Bonchev–Trinajstić information content (AvgIpc) is 2.38. The smallest absolute Gasteiger partial charge is 0.249 e. The Morgan fingerprint density at radius 2 is 1.95 bits per heavy atom. The first-order valence-electron chi connectivity index (χ1n) is 5.48. The summed E-state index contributed by atoms with van der Waals surface area (Å²) >= 11 is 1.06. The number of nitriles is 1. The molecule has 20 heavy (non-hydrogen) atoms. The zero-order chi connectivity index (χ0) is 14.8. The van der Waals surface area contributed by atoms with Crippen LogP contribution in [0.4, 0.5) is 13.2 Å². The molecule has 7 heteroatoms. The molecular formula is C13H8F3N3S. The lowest BCUT2D eigenvalue weighted by molar-refractivity contribution is -0.137. The summed E-state index contributed by atoms with van der Waals surface area (Å²) < 4.78 is 37.2. The summed E-state index contributed by atoms with van der Waals surface area (Å²) in [4.78, 5) is 7.79. The molecule has 0 aliphatic carbocycles. The van der Waals surface area contributed by atoms with Crippen LogP contribution in [0.15, 0.2) is 40.6 Å². The fraction of sp³-hybridized carbons (Fsp3) is 0.154. The van der Waals surface area contributed by atoms with Gasteiger partial charge in [0, 0.05) is 12.4 Å². The predicted octanol–water partition coefficient (Wildman–Crippen LogP) is 3.83. The van der Waals surface area contributed by atoms with Gasteiger partial charge >= 0.3 is 6.18 Å². The third kappa shape index (κ3) is 3.08. The van der Waals surface area contributed by atoms with E-state index in [0.717, 1.165) is 29.6 Å². The Bertz CT molecular complexity index is 660. The number of nitrogens with zero attached hydrogens (tertiary/aromatic N) is 3. The molecule has 0 aromatic carbocycles. The van der Waals surface area contributed by atoms with Crippen molar-refractivity contribution in [3.05, 3.63) is 47.3 Å². The summed E-state index contributed by atoms with van der Waals surface area (Å²) in [5.41, 5.74) is 0.357.